The molecule has 2 aromatic rings. The molecule has 8 heteroatoms. The zero-order valence-corrected chi connectivity index (χ0v) is 12.8. The molecular weight excluding hydrogens is 314 g/mol. The highest BCUT2D eigenvalue weighted by Crippen LogP contribution is 2.13. The van der Waals surface area contributed by atoms with Crippen molar-refractivity contribution in [2.75, 3.05) is 6.61 Å². The fourth-order valence-corrected chi connectivity index (χ4v) is 1.78. The van der Waals surface area contributed by atoms with Crippen LogP contribution in [0.25, 0.3) is 0 Å². The predicted octanol–water partition coefficient (Wildman–Crippen LogP) is 1.74. The summed E-state index contributed by atoms with van der Waals surface area (Å²) in [5.74, 6) is -0.697. The molecule has 0 aliphatic heterocycles. The van der Waals surface area contributed by atoms with Gasteiger partial charge in [0, 0.05) is 17.7 Å². The van der Waals surface area contributed by atoms with Gasteiger partial charge >= 0.3 is 0 Å². The van der Waals surface area contributed by atoms with Gasteiger partial charge in [-0.15, -0.1) is 0 Å². The number of hydrogen-bond donors (Lipinski definition) is 2. The minimum atomic E-state index is -0.664. The Labute approximate surface area is 137 Å². The van der Waals surface area contributed by atoms with Crippen LogP contribution in [0.2, 0.25) is 0 Å². The Morgan fingerprint density at radius 3 is 2.50 bits per heavy atom. The Bertz CT molecular complexity index is 759. The highest BCUT2D eigenvalue weighted by Gasteiger charge is 2.12. The van der Waals surface area contributed by atoms with Crippen LogP contribution in [-0.4, -0.2) is 23.3 Å². The third-order valence-electron chi connectivity index (χ3n) is 3.03. The number of carbonyl (C=O) groups excluding carboxylic acids is 2. The molecule has 0 saturated heterocycles. The topological polar surface area (TPSA) is 111 Å². The van der Waals surface area contributed by atoms with E-state index < -0.39 is 16.7 Å². The first kappa shape index (κ1) is 16.9. The number of carbonyl (C=O) groups is 2. The highest BCUT2D eigenvalue weighted by atomic mass is 16.6. The molecule has 0 fully saturated rings. The van der Waals surface area contributed by atoms with Crippen LogP contribution in [0, 0.1) is 17.0 Å². The number of aryl methyl sites for hydroxylation is 1. The molecule has 0 spiro atoms. The van der Waals surface area contributed by atoms with Crippen LogP contribution in [0.4, 0.5) is 5.69 Å². The van der Waals surface area contributed by atoms with Crippen molar-refractivity contribution < 1.29 is 19.2 Å². The lowest BCUT2D eigenvalue weighted by molar-refractivity contribution is -0.384. The molecule has 2 aromatic carbocycles. The smallest absolute Gasteiger partial charge is 0.276 e. The highest BCUT2D eigenvalue weighted by molar-refractivity contribution is 5.96. The Morgan fingerprint density at radius 1 is 1.12 bits per heavy atom. The van der Waals surface area contributed by atoms with Gasteiger partial charge in [-0.2, -0.15) is 0 Å². The summed E-state index contributed by atoms with van der Waals surface area (Å²) >= 11 is 0. The van der Waals surface area contributed by atoms with Gasteiger partial charge in [0.2, 0.25) is 0 Å². The summed E-state index contributed by atoms with van der Waals surface area (Å²) in [6.07, 6.45) is 0. The lowest BCUT2D eigenvalue weighted by atomic mass is 10.2. The molecule has 0 radical (unpaired) electrons. The molecule has 0 aromatic heterocycles. The number of benzene rings is 2. The average Bonchev–Trinajstić information content (AvgIpc) is 2.59. The van der Waals surface area contributed by atoms with Crippen LogP contribution in [0.15, 0.2) is 48.5 Å². The summed E-state index contributed by atoms with van der Waals surface area (Å²) in [5.41, 5.74) is 5.26. The fraction of sp³-hybridized carbons (Fsp3) is 0.125. The monoisotopic (exact) mass is 329 g/mol. The first-order valence-electron chi connectivity index (χ1n) is 6.99. The van der Waals surface area contributed by atoms with Gasteiger partial charge in [-0.3, -0.25) is 30.6 Å². The second kappa shape index (κ2) is 7.73. The SMILES string of the molecule is Cc1ccc(OCC(=O)NNC(=O)c2cccc([N+](=O)[O-])c2)cc1. The van der Waals surface area contributed by atoms with Crippen molar-refractivity contribution in [3.8, 4) is 5.75 Å². The lowest BCUT2D eigenvalue weighted by Crippen LogP contribution is -2.43. The number of hydrogen-bond acceptors (Lipinski definition) is 5. The number of rotatable bonds is 5. The third-order valence-corrected chi connectivity index (χ3v) is 3.03. The van der Waals surface area contributed by atoms with Crippen molar-refractivity contribution in [2.24, 2.45) is 0 Å². The number of ether oxygens (including phenoxy) is 1. The van der Waals surface area contributed by atoms with Crippen molar-refractivity contribution in [1.82, 2.24) is 10.9 Å². The Kier molecular flexibility index (Phi) is 5.45. The van der Waals surface area contributed by atoms with E-state index in [1.165, 1.54) is 18.2 Å². The summed E-state index contributed by atoms with van der Waals surface area (Å²) in [5, 5.41) is 10.7. The summed E-state index contributed by atoms with van der Waals surface area (Å²) in [6, 6.07) is 12.3. The van der Waals surface area contributed by atoms with Crippen LogP contribution in [0.5, 0.6) is 5.75 Å². The van der Waals surface area contributed by atoms with E-state index in [-0.39, 0.29) is 17.9 Å². The minimum Gasteiger partial charge on any atom is -0.484 e. The number of nitrogens with zero attached hydrogens (tertiary/aromatic N) is 1. The second-order valence-corrected chi connectivity index (χ2v) is 4.91. The van der Waals surface area contributed by atoms with E-state index in [1.54, 1.807) is 12.1 Å². The summed E-state index contributed by atoms with van der Waals surface area (Å²) in [4.78, 5) is 33.5. The number of nitro benzene ring substituents is 1. The van der Waals surface area contributed by atoms with Crippen molar-refractivity contribution in [3.63, 3.8) is 0 Å². The van der Waals surface area contributed by atoms with Crippen LogP contribution >= 0.6 is 0 Å². The fourth-order valence-electron chi connectivity index (χ4n) is 1.78. The van der Waals surface area contributed by atoms with Gasteiger partial charge in [-0.1, -0.05) is 23.8 Å². The van der Waals surface area contributed by atoms with Gasteiger partial charge in [-0.05, 0) is 25.1 Å². The number of nitrogens with one attached hydrogen (secondary N) is 2. The average molecular weight is 329 g/mol. The van der Waals surface area contributed by atoms with E-state index >= 15 is 0 Å². The minimum absolute atomic E-state index is 0.0592. The molecule has 0 aliphatic rings. The van der Waals surface area contributed by atoms with Crippen molar-refractivity contribution >= 4 is 17.5 Å². The molecule has 0 aliphatic carbocycles. The summed E-state index contributed by atoms with van der Waals surface area (Å²) in [6.45, 7) is 1.65. The number of hydrazine groups is 1. The molecule has 2 rings (SSSR count). The molecule has 0 saturated carbocycles. The summed E-state index contributed by atoms with van der Waals surface area (Å²) in [7, 11) is 0. The van der Waals surface area contributed by atoms with Gasteiger partial charge < -0.3 is 4.74 Å². The van der Waals surface area contributed by atoms with Crippen molar-refractivity contribution in [1.29, 1.82) is 0 Å². The van der Waals surface area contributed by atoms with Gasteiger partial charge in [0.25, 0.3) is 17.5 Å². The van der Waals surface area contributed by atoms with Gasteiger partial charge in [0.15, 0.2) is 6.61 Å². The number of non-ortho nitro benzene ring substituents is 1. The standard InChI is InChI=1S/C16H15N3O5/c1-11-5-7-14(8-6-11)24-10-15(20)17-18-16(21)12-3-2-4-13(9-12)19(22)23/h2-9H,10H2,1H3,(H,17,20)(H,18,21). The van der Waals surface area contributed by atoms with Gasteiger partial charge in [-0.25, -0.2) is 0 Å². The van der Waals surface area contributed by atoms with E-state index in [0.29, 0.717) is 5.75 Å². The van der Waals surface area contributed by atoms with Crippen molar-refractivity contribution in [2.45, 2.75) is 6.92 Å². The molecule has 0 bridgehead atoms. The maximum absolute atomic E-state index is 11.8. The van der Waals surface area contributed by atoms with Crippen molar-refractivity contribution in [3.05, 3.63) is 69.8 Å². The Balaban J connectivity index is 1.82. The number of amides is 2. The molecule has 2 N–H and O–H groups in total. The van der Waals surface area contributed by atoms with Crippen LogP contribution in [-0.2, 0) is 4.79 Å². The molecule has 2 amide bonds. The van der Waals surface area contributed by atoms with E-state index in [4.69, 9.17) is 4.74 Å². The zero-order valence-electron chi connectivity index (χ0n) is 12.8. The normalized spacial score (nSPS) is 9.88. The Morgan fingerprint density at radius 2 is 1.83 bits per heavy atom. The third kappa shape index (κ3) is 4.80. The van der Waals surface area contributed by atoms with Gasteiger partial charge in [0.1, 0.15) is 5.75 Å². The van der Waals surface area contributed by atoms with Crippen LogP contribution < -0.4 is 15.6 Å². The van der Waals surface area contributed by atoms with Crippen LogP contribution in [0.1, 0.15) is 15.9 Å². The maximum Gasteiger partial charge on any atom is 0.276 e. The Hall–Kier alpha value is -3.42. The molecule has 0 atom stereocenters. The van der Waals surface area contributed by atoms with E-state index in [2.05, 4.69) is 10.9 Å². The molecule has 8 nitrogen and oxygen atoms in total. The predicted molar refractivity (Wildman–Crippen MR) is 85.4 cm³/mol. The molecule has 0 unspecified atom stereocenters. The first-order chi connectivity index (χ1) is 11.5. The quantitative estimate of drug-likeness (QED) is 0.641. The van der Waals surface area contributed by atoms with Crippen LogP contribution in [0.3, 0.4) is 0 Å². The van der Waals surface area contributed by atoms with E-state index in [9.17, 15) is 19.7 Å². The first-order valence-corrected chi connectivity index (χ1v) is 6.99. The zero-order chi connectivity index (χ0) is 17.5. The second-order valence-electron chi connectivity index (χ2n) is 4.91. The lowest BCUT2D eigenvalue weighted by Gasteiger charge is -2.09. The molecule has 124 valence electrons. The largest absolute Gasteiger partial charge is 0.484 e. The molecular formula is C16H15N3O5. The van der Waals surface area contributed by atoms with E-state index in [1.807, 2.05) is 19.1 Å². The maximum atomic E-state index is 11.8. The molecule has 24 heavy (non-hydrogen) atoms. The van der Waals surface area contributed by atoms with E-state index in [0.717, 1.165) is 11.6 Å². The number of nitro groups is 1. The molecule has 0 heterocycles. The summed E-state index contributed by atoms with van der Waals surface area (Å²) < 4.78 is 5.26. The van der Waals surface area contributed by atoms with Gasteiger partial charge in [0.05, 0.1) is 4.92 Å².